The minimum Gasteiger partial charge on any atom is -0.449 e. The average molecular weight is 520 g/mol. The van der Waals surface area contributed by atoms with Crippen molar-refractivity contribution in [3.05, 3.63) is 53.1 Å². The Hall–Kier alpha value is -3.09. The average Bonchev–Trinajstić information content (AvgIpc) is 2.77. The normalized spacial score (nSPS) is 11.2. The Labute approximate surface area is 213 Å². The number of nitrogens with one attached hydrogen (secondary N) is 1. The van der Waals surface area contributed by atoms with E-state index in [-0.39, 0.29) is 18.0 Å². The molecule has 0 aromatic heterocycles. The van der Waals surface area contributed by atoms with Crippen LogP contribution in [0.2, 0.25) is 0 Å². The molecule has 3 N–H and O–H groups in total. The lowest BCUT2D eigenvalue weighted by atomic mass is 9.78. The summed E-state index contributed by atoms with van der Waals surface area (Å²) in [5.74, 6) is 0. The summed E-state index contributed by atoms with van der Waals surface area (Å²) < 4.78 is 33.9. The van der Waals surface area contributed by atoms with Gasteiger partial charge in [-0.25, -0.2) is 18.0 Å². The molecule has 0 spiro atoms. The number of ether oxygens (including phenoxy) is 2. The number of hydrogen-bond acceptors (Lipinski definition) is 8. The molecule has 0 radical (unpaired) electrons. The van der Waals surface area contributed by atoms with E-state index in [1.54, 1.807) is 39.0 Å². The number of aryl methyl sites for hydroxylation is 1. The van der Waals surface area contributed by atoms with Gasteiger partial charge in [0.1, 0.15) is 5.60 Å². The van der Waals surface area contributed by atoms with Crippen molar-refractivity contribution in [2.45, 2.75) is 57.6 Å². The third-order valence-electron chi connectivity index (χ3n) is 5.15. The maximum Gasteiger partial charge on any atom is 0.488 e. The zero-order valence-corrected chi connectivity index (χ0v) is 22.0. The number of carbonyl (C=O) groups excluding carboxylic acids is 2. The summed E-state index contributed by atoms with van der Waals surface area (Å²) in [7, 11) is -2.99. The first-order chi connectivity index (χ1) is 16.8. The van der Waals surface area contributed by atoms with E-state index < -0.39 is 35.6 Å². The Balaban J connectivity index is 2.04. The van der Waals surface area contributed by atoms with E-state index in [1.165, 1.54) is 30.1 Å². The van der Waals surface area contributed by atoms with E-state index in [9.17, 15) is 28.1 Å². The van der Waals surface area contributed by atoms with Crippen LogP contribution in [-0.2, 0) is 39.6 Å². The van der Waals surface area contributed by atoms with Crippen molar-refractivity contribution in [2.75, 3.05) is 19.0 Å². The van der Waals surface area contributed by atoms with Gasteiger partial charge >= 0.3 is 19.3 Å². The number of amides is 2. The van der Waals surface area contributed by atoms with Gasteiger partial charge in [0.2, 0.25) is 0 Å². The van der Waals surface area contributed by atoms with Crippen LogP contribution in [0.4, 0.5) is 15.3 Å². The highest BCUT2D eigenvalue weighted by Crippen LogP contribution is 2.20. The lowest BCUT2D eigenvalue weighted by Crippen LogP contribution is -2.34. The Bertz CT molecular complexity index is 1150. The van der Waals surface area contributed by atoms with Crippen LogP contribution in [-0.4, -0.2) is 61.9 Å². The number of thiol groups is 1. The highest BCUT2D eigenvalue weighted by molar-refractivity contribution is 7.72. The predicted molar refractivity (Wildman–Crippen MR) is 137 cm³/mol. The molecule has 36 heavy (non-hydrogen) atoms. The van der Waals surface area contributed by atoms with Crippen LogP contribution in [0, 0.1) is 0 Å². The van der Waals surface area contributed by atoms with Crippen LogP contribution in [0.1, 0.15) is 44.4 Å². The molecular weight excluding hydrogens is 487 g/mol. The van der Waals surface area contributed by atoms with E-state index in [2.05, 4.69) is 5.32 Å². The van der Waals surface area contributed by atoms with E-state index in [0.29, 0.717) is 29.6 Å². The smallest absolute Gasteiger partial charge is 0.449 e. The molecule has 2 rings (SSSR count). The number of rotatable bonds is 9. The Kier molecular flexibility index (Phi) is 10.3. The number of benzene rings is 2. The fraction of sp³-hybridized carbons (Fsp3) is 0.417. The van der Waals surface area contributed by atoms with Gasteiger partial charge in [-0.3, -0.25) is 5.32 Å². The predicted octanol–water partition coefficient (Wildman–Crippen LogP) is 2.06. The number of hydrogen-bond donors (Lipinski definition) is 4. The Morgan fingerprint density at radius 2 is 1.75 bits per heavy atom. The molecule has 0 aliphatic carbocycles. The molecule has 0 atom stereocenters. The molecule has 0 aliphatic rings. The van der Waals surface area contributed by atoms with Crippen LogP contribution >= 0.6 is 0 Å². The molecular formula is C24H33BN2O8S. The second-order valence-electron chi connectivity index (χ2n) is 9.20. The molecule has 2 aromatic carbocycles. The molecule has 0 fully saturated rings. The highest BCUT2D eigenvalue weighted by atomic mass is 32.2. The lowest BCUT2D eigenvalue weighted by molar-refractivity contribution is 0.0283. The minimum atomic E-state index is -2.93. The molecule has 196 valence electrons. The fourth-order valence-corrected chi connectivity index (χ4v) is 3.98. The first kappa shape index (κ1) is 29.1. The molecule has 0 aliphatic heterocycles. The maximum absolute atomic E-state index is 12.3. The summed E-state index contributed by atoms with van der Waals surface area (Å²) >= 11 is 0. The standard InChI is InChI=1S/C24H33BN2O8S/c1-6-16-13-19(25(30)31)8-7-17(16)11-12-34-22(28)26-20-9-10-21(36(32)33)18(14-20)15-27(5)23(29)35-24(2,3)4/h7-10,13-14,30-31,36H,6,11-12,15H2,1-5H3,(H,26,28). The molecule has 0 saturated carbocycles. The molecule has 0 bridgehead atoms. The van der Waals surface area contributed by atoms with Gasteiger partial charge in [-0.1, -0.05) is 25.1 Å². The van der Waals surface area contributed by atoms with Crippen LogP contribution < -0.4 is 10.8 Å². The van der Waals surface area contributed by atoms with Gasteiger partial charge in [-0.2, -0.15) is 0 Å². The second kappa shape index (κ2) is 12.7. The summed E-state index contributed by atoms with van der Waals surface area (Å²) in [6.07, 6.45) is -0.224. The number of nitrogens with zero attached hydrogens (tertiary/aromatic N) is 1. The van der Waals surface area contributed by atoms with Crippen molar-refractivity contribution >= 4 is 41.2 Å². The zero-order valence-electron chi connectivity index (χ0n) is 21.1. The summed E-state index contributed by atoms with van der Waals surface area (Å²) in [4.78, 5) is 25.9. The van der Waals surface area contributed by atoms with Crippen molar-refractivity contribution in [1.29, 1.82) is 0 Å². The third kappa shape index (κ3) is 8.85. The van der Waals surface area contributed by atoms with Gasteiger partial charge in [-0.15, -0.1) is 0 Å². The third-order valence-corrected chi connectivity index (χ3v) is 5.98. The SMILES string of the molecule is CCc1cc(B(O)O)ccc1CCOC(=O)Nc1ccc([SH](=O)=O)c(CN(C)C(=O)OC(C)(C)C)c1. The van der Waals surface area contributed by atoms with Gasteiger partial charge in [0, 0.05) is 19.2 Å². The van der Waals surface area contributed by atoms with E-state index >= 15 is 0 Å². The van der Waals surface area contributed by atoms with Gasteiger partial charge in [0.15, 0.2) is 10.7 Å². The van der Waals surface area contributed by atoms with Gasteiger partial charge < -0.3 is 24.4 Å². The van der Waals surface area contributed by atoms with Crippen molar-refractivity contribution in [3.8, 4) is 0 Å². The molecule has 0 saturated heterocycles. The highest BCUT2D eigenvalue weighted by Gasteiger charge is 2.21. The van der Waals surface area contributed by atoms with Gasteiger partial charge in [0.05, 0.1) is 18.0 Å². The summed E-state index contributed by atoms with van der Waals surface area (Å²) in [6, 6.07) is 9.34. The second-order valence-corrected chi connectivity index (χ2v) is 10.2. The monoisotopic (exact) mass is 520 g/mol. The number of carbonyl (C=O) groups is 2. The molecule has 12 heteroatoms. The molecule has 2 amide bonds. The maximum atomic E-state index is 12.3. The topological polar surface area (TPSA) is 142 Å². The van der Waals surface area contributed by atoms with E-state index in [0.717, 1.165) is 11.1 Å². The Morgan fingerprint density at radius 1 is 1.06 bits per heavy atom. The summed E-state index contributed by atoms with van der Waals surface area (Å²) in [6.45, 7) is 7.16. The van der Waals surface area contributed by atoms with E-state index in [4.69, 9.17) is 9.47 Å². The van der Waals surface area contributed by atoms with Gasteiger partial charge in [0.25, 0.3) is 0 Å². The summed E-state index contributed by atoms with van der Waals surface area (Å²) in [5.41, 5.74) is 2.16. The van der Waals surface area contributed by atoms with Crippen molar-refractivity contribution in [1.82, 2.24) is 4.90 Å². The molecule has 0 heterocycles. The fourth-order valence-electron chi connectivity index (χ4n) is 3.42. The zero-order chi connectivity index (χ0) is 27.0. The van der Waals surface area contributed by atoms with Gasteiger partial charge in [-0.05, 0) is 67.5 Å². The van der Waals surface area contributed by atoms with Crippen LogP contribution in [0.25, 0.3) is 0 Å². The molecule has 0 unspecified atom stereocenters. The summed E-state index contributed by atoms with van der Waals surface area (Å²) in [5, 5.41) is 21.2. The first-order valence-corrected chi connectivity index (χ1v) is 12.6. The quantitative estimate of drug-likeness (QED) is 0.291. The van der Waals surface area contributed by atoms with Crippen molar-refractivity contribution in [2.24, 2.45) is 0 Å². The van der Waals surface area contributed by atoms with Crippen LogP contribution in [0.5, 0.6) is 0 Å². The van der Waals surface area contributed by atoms with E-state index in [1.807, 2.05) is 6.92 Å². The molecule has 2 aromatic rings. The largest absolute Gasteiger partial charge is 0.488 e. The first-order valence-electron chi connectivity index (χ1n) is 11.4. The van der Waals surface area contributed by atoms with Crippen LogP contribution in [0.15, 0.2) is 41.3 Å². The number of anilines is 1. The lowest BCUT2D eigenvalue weighted by Gasteiger charge is -2.25. The van der Waals surface area contributed by atoms with Crippen molar-refractivity contribution < 1.29 is 37.5 Å². The minimum absolute atomic E-state index is 0.0304. The molecule has 10 nitrogen and oxygen atoms in total. The van der Waals surface area contributed by atoms with Crippen LogP contribution in [0.3, 0.4) is 0 Å². The van der Waals surface area contributed by atoms with Crippen molar-refractivity contribution in [3.63, 3.8) is 0 Å². The Morgan fingerprint density at radius 3 is 2.33 bits per heavy atom.